The molecule has 0 amide bonds. The van der Waals surface area contributed by atoms with Crippen LogP contribution in [-0.4, -0.2) is 15.0 Å². The number of aromatic amines is 2. The molecule has 3 nitrogen and oxygen atoms in total. The number of fused-ring (bicyclic) bond motifs is 2. The molecule has 280 valence electrons. The molecule has 5 heteroatoms. The summed E-state index contributed by atoms with van der Waals surface area (Å²) in [5.41, 5.74) is 12.2. The minimum absolute atomic E-state index is 0. The largest absolute Gasteiger partial charge is 2.00 e. The standard InChI is InChI=1S/C20H21N.C19H20N2.4C2H6.2W/c1-13(2)15-5-7-16(8-6-15)20-12-18-11-17(14(3)4)9-10-19(18)21-20;1-12(2)14-5-7-15(8-6-14)18-11-19-17(21-18)10-9-16(20-19)13(3)4;4*1-2;;/h5-7,9-11,13-14,21H,1-4H3;5-7,9-10,12-13,21H,1-4H3;4*1-2H3;;/q2*-2;;;;;2*+2. The van der Waals surface area contributed by atoms with Gasteiger partial charge in [0, 0.05) is 5.69 Å². The third kappa shape index (κ3) is 14.6. The Morgan fingerprint density at radius 3 is 1.33 bits per heavy atom. The van der Waals surface area contributed by atoms with Crippen LogP contribution in [0.5, 0.6) is 0 Å². The van der Waals surface area contributed by atoms with Crippen molar-refractivity contribution in [3.05, 3.63) is 113 Å². The van der Waals surface area contributed by atoms with Crippen molar-refractivity contribution < 1.29 is 42.1 Å². The molecular weight excluding hydrogens is 974 g/mol. The van der Waals surface area contributed by atoms with E-state index in [1.165, 1.54) is 16.7 Å². The van der Waals surface area contributed by atoms with Crippen LogP contribution in [0.1, 0.15) is 157 Å². The van der Waals surface area contributed by atoms with Gasteiger partial charge in [-0.15, -0.1) is 28.3 Å². The van der Waals surface area contributed by atoms with Gasteiger partial charge in [0.15, 0.2) is 0 Å². The van der Waals surface area contributed by atoms with E-state index in [0.717, 1.165) is 50.1 Å². The van der Waals surface area contributed by atoms with E-state index in [2.05, 4.69) is 161 Å². The number of H-pyrrole nitrogens is 2. The maximum absolute atomic E-state index is 4.67. The first-order valence-electron chi connectivity index (χ1n) is 19.1. The number of benzene rings is 3. The Hall–Kier alpha value is -2.73. The monoisotopic (exact) mass is 1040 g/mol. The van der Waals surface area contributed by atoms with Crippen molar-refractivity contribution in [2.75, 3.05) is 0 Å². The minimum Gasteiger partial charge on any atom is -0.467 e. The minimum atomic E-state index is 0. The normalized spacial score (nSPS) is 9.92. The summed E-state index contributed by atoms with van der Waals surface area (Å²) in [6.45, 7) is 33.5. The molecule has 0 bridgehead atoms. The third-order valence-electron chi connectivity index (χ3n) is 7.79. The van der Waals surface area contributed by atoms with E-state index in [0.29, 0.717) is 23.7 Å². The SMILES string of the molecule is CC.CC.CC.CC.CC(C)c1c[c-]c(-c2[c-]c3cc(C(C)C)ccc3[nH]2)cc1.CC(C)c1c[c-]c(-c2[c-]c3nc(C(C)C)ccc3[nH]2)cc1.[W+2].[W+2]. The van der Waals surface area contributed by atoms with Crippen molar-refractivity contribution >= 4 is 21.9 Å². The molecule has 0 atom stereocenters. The summed E-state index contributed by atoms with van der Waals surface area (Å²) < 4.78 is 0. The van der Waals surface area contributed by atoms with E-state index in [9.17, 15) is 0 Å². The molecule has 3 heterocycles. The summed E-state index contributed by atoms with van der Waals surface area (Å²) in [4.78, 5) is 11.5. The zero-order valence-corrected chi connectivity index (χ0v) is 40.8. The fourth-order valence-electron chi connectivity index (χ4n) is 4.88. The van der Waals surface area contributed by atoms with Gasteiger partial charge in [0.25, 0.3) is 0 Å². The first kappa shape index (κ1) is 51.4. The molecule has 3 aromatic heterocycles. The van der Waals surface area contributed by atoms with E-state index in [-0.39, 0.29) is 42.1 Å². The molecule has 2 N–H and O–H groups in total. The third-order valence-corrected chi connectivity index (χ3v) is 7.79. The number of hydrogen-bond acceptors (Lipinski definition) is 1. The number of aromatic nitrogens is 3. The predicted molar refractivity (Wildman–Crippen MR) is 222 cm³/mol. The fraction of sp³-hybridized carbons (Fsp3) is 0.426. The second-order valence-electron chi connectivity index (χ2n) is 12.4. The molecule has 0 fully saturated rings. The summed E-state index contributed by atoms with van der Waals surface area (Å²) >= 11 is 0. The quantitative estimate of drug-likeness (QED) is 0.160. The second kappa shape index (κ2) is 26.9. The Kier molecular flexibility index (Phi) is 26.6. The molecular formula is C47H65N3W2. The molecule has 6 rings (SSSR count). The Bertz CT molecular complexity index is 1640. The van der Waals surface area contributed by atoms with Gasteiger partial charge < -0.3 is 9.97 Å². The molecule has 3 aromatic carbocycles. The van der Waals surface area contributed by atoms with Gasteiger partial charge in [-0.1, -0.05) is 152 Å². The fourth-order valence-corrected chi connectivity index (χ4v) is 4.88. The number of hydrogen-bond donors (Lipinski definition) is 2. The van der Waals surface area contributed by atoms with Crippen molar-refractivity contribution in [2.24, 2.45) is 0 Å². The van der Waals surface area contributed by atoms with Crippen LogP contribution in [0, 0.1) is 24.3 Å². The van der Waals surface area contributed by atoms with Crippen LogP contribution >= 0.6 is 0 Å². The number of nitrogens with zero attached hydrogens (tertiary/aromatic N) is 1. The number of pyridine rings is 1. The average Bonchev–Trinajstić information content (AvgIpc) is 3.79. The van der Waals surface area contributed by atoms with Gasteiger partial charge in [0.1, 0.15) is 0 Å². The summed E-state index contributed by atoms with van der Waals surface area (Å²) in [5.74, 6) is 2.03. The first-order chi connectivity index (χ1) is 24.1. The Balaban J connectivity index is 0. The van der Waals surface area contributed by atoms with Crippen molar-refractivity contribution in [2.45, 2.75) is 134 Å². The van der Waals surface area contributed by atoms with Gasteiger partial charge in [-0.2, -0.15) is 60.3 Å². The molecule has 0 aliphatic heterocycles. The molecule has 0 saturated heterocycles. The van der Waals surface area contributed by atoms with Crippen LogP contribution in [-0.2, 0) is 42.1 Å². The summed E-state index contributed by atoms with van der Waals surface area (Å²) in [6.07, 6.45) is 0. The molecule has 0 spiro atoms. The van der Waals surface area contributed by atoms with Crippen molar-refractivity contribution in [1.82, 2.24) is 15.0 Å². The zero-order chi connectivity index (χ0) is 38.0. The Labute approximate surface area is 347 Å². The molecule has 0 aliphatic carbocycles. The van der Waals surface area contributed by atoms with Crippen molar-refractivity contribution in [1.29, 1.82) is 0 Å². The van der Waals surface area contributed by atoms with Crippen LogP contribution in [0.3, 0.4) is 0 Å². The van der Waals surface area contributed by atoms with Gasteiger partial charge in [-0.05, 0) is 28.4 Å². The van der Waals surface area contributed by atoms with Gasteiger partial charge in [0.2, 0.25) is 0 Å². The predicted octanol–water partition coefficient (Wildman–Crippen LogP) is 14.9. The topological polar surface area (TPSA) is 44.5 Å². The Morgan fingerprint density at radius 2 is 0.904 bits per heavy atom. The first-order valence-corrected chi connectivity index (χ1v) is 19.1. The van der Waals surface area contributed by atoms with Gasteiger partial charge in [-0.3, -0.25) is 4.98 Å². The van der Waals surface area contributed by atoms with Crippen LogP contribution < -0.4 is 0 Å². The second-order valence-corrected chi connectivity index (χ2v) is 12.4. The van der Waals surface area contributed by atoms with E-state index < -0.39 is 0 Å². The number of rotatable bonds is 6. The van der Waals surface area contributed by atoms with E-state index >= 15 is 0 Å². The van der Waals surface area contributed by atoms with Gasteiger partial charge >= 0.3 is 42.1 Å². The summed E-state index contributed by atoms with van der Waals surface area (Å²) in [6, 6.07) is 37.0. The molecule has 6 aromatic rings. The Morgan fingerprint density at radius 1 is 0.481 bits per heavy atom. The van der Waals surface area contributed by atoms with Gasteiger partial charge in [0.05, 0.1) is 0 Å². The van der Waals surface area contributed by atoms with Crippen LogP contribution in [0.2, 0.25) is 0 Å². The zero-order valence-electron chi connectivity index (χ0n) is 34.9. The van der Waals surface area contributed by atoms with Crippen LogP contribution in [0.15, 0.2) is 66.7 Å². The molecule has 0 unspecified atom stereocenters. The molecule has 0 saturated carbocycles. The van der Waals surface area contributed by atoms with Crippen LogP contribution in [0.4, 0.5) is 0 Å². The molecule has 0 aliphatic rings. The van der Waals surface area contributed by atoms with Crippen LogP contribution in [0.25, 0.3) is 44.5 Å². The number of nitrogens with one attached hydrogen (secondary N) is 2. The molecule has 52 heavy (non-hydrogen) atoms. The van der Waals surface area contributed by atoms with Crippen molar-refractivity contribution in [3.63, 3.8) is 0 Å². The average molecular weight is 1040 g/mol. The van der Waals surface area contributed by atoms with Gasteiger partial charge in [-0.25, -0.2) is 17.2 Å². The molecule has 0 radical (unpaired) electrons. The van der Waals surface area contributed by atoms with Crippen molar-refractivity contribution in [3.8, 4) is 22.5 Å². The maximum Gasteiger partial charge on any atom is 2.00 e. The smallest absolute Gasteiger partial charge is 0.467 e. The van der Waals surface area contributed by atoms with E-state index in [1.807, 2.05) is 55.4 Å². The summed E-state index contributed by atoms with van der Waals surface area (Å²) in [5, 5.41) is 1.15. The maximum atomic E-state index is 4.67. The summed E-state index contributed by atoms with van der Waals surface area (Å²) in [7, 11) is 0. The van der Waals surface area contributed by atoms with E-state index in [4.69, 9.17) is 0 Å². The van der Waals surface area contributed by atoms with E-state index in [1.54, 1.807) is 0 Å².